The van der Waals surface area contributed by atoms with Crippen LogP contribution < -0.4 is 15.4 Å². The van der Waals surface area contributed by atoms with Crippen LogP contribution in [0.2, 0.25) is 0 Å². The van der Waals surface area contributed by atoms with Crippen LogP contribution in [-0.4, -0.2) is 37.4 Å². The molecule has 7 heteroatoms. The molecule has 0 bridgehead atoms. The van der Waals surface area contributed by atoms with Crippen molar-refractivity contribution in [1.29, 1.82) is 0 Å². The molecule has 114 valence electrons. The summed E-state index contributed by atoms with van der Waals surface area (Å²) >= 11 is 7.25. The number of ether oxygens (including phenoxy) is 2. The first-order chi connectivity index (χ1) is 10.1. The number of hydrogen-bond acceptors (Lipinski definition) is 4. The standard InChI is InChI=1S/C14H17IN2O3S/c1-19-12-5-4-9(7-11(12)15)13(18)17-14(21)16-8-10-3-2-6-20-10/h4-5,7,10H,2-3,6,8H2,1H3,(H2,16,17,18,21). The first-order valence-electron chi connectivity index (χ1n) is 6.64. The number of halogens is 1. The molecule has 0 aliphatic carbocycles. The van der Waals surface area contributed by atoms with Gasteiger partial charge in [-0.05, 0) is 65.8 Å². The normalized spacial score (nSPS) is 17.3. The van der Waals surface area contributed by atoms with Crippen molar-refractivity contribution in [2.24, 2.45) is 0 Å². The highest BCUT2D eigenvalue weighted by Gasteiger charge is 2.16. The van der Waals surface area contributed by atoms with Gasteiger partial charge >= 0.3 is 0 Å². The average Bonchev–Trinajstić information content (AvgIpc) is 2.98. The Morgan fingerprint density at radius 1 is 1.57 bits per heavy atom. The van der Waals surface area contributed by atoms with E-state index in [4.69, 9.17) is 21.7 Å². The van der Waals surface area contributed by atoms with Gasteiger partial charge in [-0.1, -0.05) is 0 Å². The molecule has 1 aromatic carbocycles. The van der Waals surface area contributed by atoms with Crippen LogP contribution in [0, 0.1) is 3.57 Å². The van der Waals surface area contributed by atoms with Crippen LogP contribution in [0.25, 0.3) is 0 Å². The van der Waals surface area contributed by atoms with Crippen molar-refractivity contribution in [2.75, 3.05) is 20.3 Å². The molecule has 2 rings (SSSR count). The molecule has 1 saturated heterocycles. The van der Waals surface area contributed by atoms with Crippen molar-refractivity contribution in [2.45, 2.75) is 18.9 Å². The molecule has 1 unspecified atom stereocenters. The lowest BCUT2D eigenvalue weighted by Gasteiger charge is -2.13. The number of hydrogen-bond donors (Lipinski definition) is 2. The summed E-state index contributed by atoms with van der Waals surface area (Å²) in [5, 5.41) is 6.00. The Morgan fingerprint density at radius 2 is 2.38 bits per heavy atom. The van der Waals surface area contributed by atoms with E-state index < -0.39 is 0 Å². The molecule has 1 aromatic rings. The van der Waals surface area contributed by atoms with Crippen molar-refractivity contribution < 1.29 is 14.3 Å². The van der Waals surface area contributed by atoms with E-state index >= 15 is 0 Å². The number of thiocarbonyl (C=S) groups is 1. The van der Waals surface area contributed by atoms with Crippen LogP contribution >= 0.6 is 34.8 Å². The molecular formula is C14H17IN2O3S. The number of nitrogens with one attached hydrogen (secondary N) is 2. The second kappa shape index (κ2) is 7.90. The molecule has 0 saturated carbocycles. The lowest BCUT2D eigenvalue weighted by atomic mass is 10.2. The van der Waals surface area contributed by atoms with E-state index in [2.05, 4.69) is 33.2 Å². The highest BCUT2D eigenvalue weighted by atomic mass is 127. The fourth-order valence-corrected chi connectivity index (χ4v) is 2.95. The molecule has 1 amide bonds. The van der Waals surface area contributed by atoms with E-state index in [0.717, 1.165) is 28.8 Å². The summed E-state index contributed by atoms with van der Waals surface area (Å²) in [6.45, 7) is 1.43. The van der Waals surface area contributed by atoms with E-state index in [1.54, 1.807) is 25.3 Å². The first kappa shape index (κ1) is 16.4. The summed E-state index contributed by atoms with van der Waals surface area (Å²) in [4.78, 5) is 12.1. The topological polar surface area (TPSA) is 59.6 Å². The number of methoxy groups -OCH3 is 1. The molecule has 21 heavy (non-hydrogen) atoms. The molecule has 1 aliphatic heterocycles. The number of amides is 1. The van der Waals surface area contributed by atoms with E-state index in [9.17, 15) is 4.79 Å². The monoisotopic (exact) mass is 420 g/mol. The second-order valence-corrected chi connectivity index (χ2v) is 6.22. The van der Waals surface area contributed by atoms with Crippen molar-refractivity contribution in [3.63, 3.8) is 0 Å². The Balaban J connectivity index is 1.85. The lowest BCUT2D eigenvalue weighted by Crippen LogP contribution is -2.42. The molecule has 0 spiro atoms. The summed E-state index contributed by atoms with van der Waals surface area (Å²) in [6.07, 6.45) is 2.29. The van der Waals surface area contributed by atoms with Gasteiger partial charge < -0.3 is 14.8 Å². The molecule has 2 N–H and O–H groups in total. The smallest absolute Gasteiger partial charge is 0.257 e. The van der Waals surface area contributed by atoms with Crippen molar-refractivity contribution >= 4 is 45.8 Å². The summed E-state index contributed by atoms with van der Waals surface area (Å²) in [6, 6.07) is 5.23. The van der Waals surface area contributed by atoms with Crippen molar-refractivity contribution in [1.82, 2.24) is 10.6 Å². The molecule has 0 aromatic heterocycles. The third-order valence-electron chi connectivity index (χ3n) is 3.16. The largest absolute Gasteiger partial charge is 0.496 e. The summed E-state index contributed by atoms with van der Waals surface area (Å²) in [5.41, 5.74) is 0.543. The molecule has 1 heterocycles. The van der Waals surface area contributed by atoms with Gasteiger partial charge in [0.15, 0.2) is 5.11 Å². The van der Waals surface area contributed by atoms with Crippen LogP contribution in [0.15, 0.2) is 18.2 Å². The van der Waals surface area contributed by atoms with Gasteiger partial charge in [-0.2, -0.15) is 0 Å². The van der Waals surface area contributed by atoms with E-state index in [0.29, 0.717) is 17.2 Å². The van der Waals surface area contributed by atoms with Crippen LogP contribution in [0.1, 0.15) is 23.2 Å². The maximum atomic E-state index is 12.1. The fourth-order valence-electron chi connectivity index (χ4n) is 2.04. The minimum absolute atomic E-state index is 0.182. The predicted molar refractivity (Wildman–Crippen MR) is 92.8 cm³/mol. The average molecular weight is 420 g/mol. The Kier molecular flexibility index (Phi) is 6.19. The van der Waals surface area contributed by atoms with Gasteiger partial charge in [0, 0.05) is 18.7 Å². The lowest BCUT2D eigenvalue weighted by molar-refractivity contribution is 0.0973. The van der Waals surface area contributed by atoms with Crippen LogP contribution in [0.5, 0.6) is 5.75 Å². The predicted octanol–water partition coefficient (Wildman–Crippen LogP) is 2.08. The Hall–Kier alpha value is -0.930. The highest BCUT2D eigenvalue weighted by Crippen LogP contribution is 2.21. The molecule has 5 nitrogen and oxygen atoms in total. The summed E-state index contributed by atoms with van der Waals surface area (Å²) in [7, 11) is 1.60. The number of carbonyl (C=O) groups excluding carboxylic acids is 1. The zero-order chi connectivity index (χ0) is 15.2. The SMILES string of the molecule is COc1ccc(C(=O)NC(=S)NCC2CCCO2)cc1I. The number of benzene rings is 1. The maximum absolute atomic E-state index is 12.1. The summed E-state index contributed by atoms with van der Waals surface area (Å²) in [5.74, 6) is 0.506. The van der Waals surface area contributed by atoms with Gasteiger partial charge in [0.1, 0.15) is 5.75 Å². The van der Waals surface area contributed by atoms with Crippen molar-refractivity contribution in [3.8, 4) is 5.75 Å². The number of rotatable bonds is 4. The zero-order valence-electron chi connectivity index (χ0n) is 11.6. The van der Waals surface area contributed by atoms with Gasteiger partial charge in [-0.15, -0.1) is 0 Å². The van der Waals surface area contributed by atoms with Crippen LogP contribution in [-0.2, 0) is 4.74 Å². The quantitative estimate of drug-likeness (QED) is 0.577. The Bertz CT molecular complexity index is 533. The van der Waals surface area contributed by atoms with Gasteiger partial charge in [0.25, 0.3) is 5.91 Å². The van der Waals surface area contributed by atoms with Gasteiger partial charge in [-0.3, -0.25) is 10.1 Å². The molecule has 1 fully saturated rings. The van der Waals surface area contributed by atoms with E-state index in [1.165, 1.54) is 0 Å². The van der Waals surface area contributed by atoms with E-state index in [1.807, 2.05) is 0 Å². The van der Waals surface area contributed by atoms with Crippen LogP contribution in [0.4, 0.5) is 0 Å². The summed E-state index contributed by atoms with van der Waals surface area (Å²) < 4.78 is 11.5. The third-order valence-corrected chi connectivity index (χ3v) is 4.24. The Labute approximate surface area is 142 Å². The minimum Gasteiger partial charge on any atom is -0.496 e. The maximum Gasteiger partial charge on any atom is 0.257 e. The molecule has 1 atom stereocenters. The third kappa shape index (κ3) is 4.79. The Morgan fingerprint density at radius 3 is 3.00 bits per heavy atom. The zero-order valence-corrected chi connectivity index (χ0v) is 14.6. The molecule has 1 aliphatic rings. The van der Waals surface area contributed by atoms with Gasteiger partial charge in [0.05, 0.1) is 16.8 Å². The first-order valence-corrected chi connectivity index (χ1v) is 8.13. The number of carbonyl (C=O) groups is 1. The second-order valence-electron chi connectivity index (χ2n) is 4.65. The van der Waals surface area contributed by atoms with Crippen LogP contribution in [0.3, 0.4) is 0 Å². The molecule has 0 radical (unpaired) electrons. The van der Waals surface area contributed by atoms with Gasteiger partial charge in [0.2, 0.25) is 0 Å². The minimum atomic E-state index is -0.236. The highest BCUT2D eigenvalue weighted by molar-refractivity contribution is 14.1. The van der Waals surface area contributed by atoms with Gasteiger partial charge in [-0.25, -0.2) is 0 Å². The van der Waals surface area contributed by atoms with Crippen molar-refractivity contribution in [3.05, 3.63) is 27.3 Å². The van der Waals surface area contributed by atoms with E-state index in [-0.39, 0.29) is 12.0 Å². The fraction of sp³-hybridized carbons (Fsp3) is 0.429. The molecular weight excluding hydrogens is 403 g/mol.